The monoisotopic (exact) mass is 260 g/mol. The molecule has 0 saturated heterocycles. The van der Waals surface area contributed by atoms with Gasteiger partial charge in [0.1, 0.15) is 11.3 Å². The quantitative estimate of drug-likeness (QED) is 0.482. The summed E-state index contributed by atoms with van der Waals surface area (Å²) in [5.74, 6) is -0.685. The van der Waals surface area contributed by atoms with Crippen LogP contribution in [0.25, 0.3) is 11.0 Å². The summed E-state index contributed by atoms with van der Waals surface area (Å²) in [5, 5.41) is 0.469. The normalized spacial score (nSPS) is 10.5. The molecule has 0 aliphatic rings. The van der Waals surface area contributed by atoms with Crippen molar-refractivity contribution in [3.8, 4) is 5.75 Å². The van der Waals surface area contributed by atoms with Gasteiger partial charge < -0.3 is 9.15 Å². The Kier molecular flexibility index (Phi) is 3.21. The van der Waals surface area contributed by atoms with Crippen LogP contribution in [0.4, 0.5) is 0 Å². The molecular weight excluding hydrogens is 248 g/mol. The molecule has 0 unspecified atom stereocenters. The lowest BCUT2D eigenvalue weighted by atomic mass is 10.1. The number of esters is 1. The predicted molar refractivity (Wildman–Crippen MR) is 67.5 cm³/mol. The van der Waals surface area contributed by atoms with E-state index in [0.717, 1.165) is 0 Å². The number of furan rings is 1. The number of hydrogen-bond acceptors (Lipinski definition) is 5. The average molecular weight is 260 g/mol. The zero-order valence-corrected chi connectivity index (χ0v) is 10.8. The second-order valence-corrected chi connectivity index (χ2v) is 4.17. The maximum Gasteiger partial charge on any atom is 0.308 e. The largest absolute Gasteiger partial charge is 0.453 e. The average Bonchev–Trinajstić information content (AvgIpc) is 2.71. The Balaban J connectivity index is 2.72. The summed E-state index contributed by atoms with van der Waals surface area (Å²) in [6.45, 7) is 3.99. The zero-order chi connectivity index (χ0) is 14.2. The first-order valence-corrected chi connectivity index (χ1v) is 5.67. The molecule has 0 aliphatic carbocycles. The van der Waals surface area contributed by atoms with Crippen LogP contribution in [0.5, 0.6) is 5.75 Å². The highest BCUT2D eigenvalue weighted by Crippen LogP contribution is 2.31. The van der Waals surface area contributed by atoms with Crippen LogP contribution in [-0.2, 0) is 4.79 Å². The highest BCUT2D eigenvalue weighted by Gasteiger charge is 2.19. The van der Waals surface area contributed by atoms with Crippen molar-refractivity contribution in [2.45, 2.75) is 20.8 Å². The lowest BCUT2D eigenvalue weighted by Gasteiger charge is -2.06. The Morgan fingerprint density at radius 2 is 1.74 bits per heavy atom. The van der Waals surface area contributed by atoms with Crippen molar-refractivity contribution in [3.05, 3.63) is 29.5 Å². The van der Waals surface area contributed by atoms with Gasteiger partial charge in [0.15, 0.2) is 17.3 Å². The molecule has 1 aromatic heterocycles. The third kappa shape index (κ3) is 2.40. The molecule has 0 amide bonds. The van der Waals surface area contributed by atoms with E-state index in [2.05, 4.69) is 0 Å². The van der Waals surface area contributed by atoms with Crippen molar-refractivity contribution in [2.75, 3.05) is 0 Å². The molecule has 0 saturated carbocycles. The molecule has 19 heavy (non-hydrogen) atoms. The molecule has 5 heteroatoms. The van der Waals surface area contributed by atoms with E-state index < -0.39 is 5.97 Å². The third-order valence-corrected chi connectivity index (χ3v) is 2.62. The van der Waals surface area contributed by atoms with Gasteiger partial charge in [-0.15, -0.1) is 0 Å². The molecule has 0 bridgehead atoms. The van der Waals surface area contributed by atoms with Crippen LogP contribution < -0.4 is 4.74 Å². The molecule has 0 fully saturated rings. The van der Waals surface area contributed by atoms with Gasteiger partial charge in [0.05, 0.1) is 5.56 Å². The van der Waals surface area contributed by atoms with E-state index in [1.807, 2.05) is 0 Å². The molecule has 0 atom stereocenters. The number of ketones is 2. The zero-order valence-electron chi connectivity index (χ0n) is 10.8. The number of ether oxygens (including phenoxy) is 1. The van der Waals surface area contributed by atoms with Crippen molar-refractivity contribution in [1.29, 1.82) is 0 Å². The van der Waals surface area contributed by atoms with Crippen molar-refractivity contribution in [1.82, 2.24) is 0 Å². The summed E-state index contributed by atoms with van der Waals surface area (Å²) in [6.07, 6.45) is 0. The SMILES string of the molecule is CC(=O)Oc1ccc2oc(C(C)=O)cc2c1C(C)=O. The minimum absolute atomic E-state index is 0.164. The van der Waals surface area contributed by atoms with Gasteiger partial charge in [-0.2, -0.15) is 0 Å². The lowest BCUT2D eigenvalue weighted by molar-refractivity contribution is -0.131. The Labute approximate surface area is 109 Å². The fraction of sp³-hybridized carbons (Fsp3) is 0.214. The molecule has 1 heterocycles. The van der Waals surface area contributed by atoms with Crippen LogP contribution in [0.1, 0.15) is 41.7 Å². The second-order valence-electron chi connectivity index (χ2n) is 4.17. The molecule has 2 aromatic rings. The number of benzene rings is 1. The fourth-order valence-corrected chi connectivity index (χ4v) is 1.87. The van der Waals surface area contributed by atoms with Crippen LogP contribution >= 0.6 is 0 Å². The molecule has 5 nitrogen and oxygen atoms in total. The van der Waals surface area contributed by atoms with Gasteiger partial charge in [-0.25, -0.2) is 0 Å². The van der Waals surface area contributed by atoms with E-state index in [1.54, 1.807) is 6.07 Å². The number of rotatable bonds is 3. The van der Waals surface area contributed by atoms with Crippen molar-refractivity contribution in [3.63, 3.8) is 0 Å². The van der Waals surface area contributed by atoms with Gasteiger partial charge in [0.25, 0.3) is 0 Å². The highest BCUT2D eigenvalue weighted by atomic mass is 16.5. The summed E-state index contributed by atoms with van der Waals surface area (Å²) in [5.41, 5.74) is 0.648. The van der Waals surface area contributed by atoms with Crippen molar-refractivity contribution >= 4 is 28.5 Å². The van der Waals surface area contributed by atoms with Crippen LogP contribution in [0.3, 0.4) is 0 Å². The van der Waals surface area contributed by atoms with Gasteiger partial charge in [0.2, 0.25) is 0 Å². The molecule has 0 radical (unpaired) electrons. The Bertz CT molecular complexity index is 693. The van der Waals surface area contributed by atoms with E-state index in [-0.39, 0.29) is 28.6 Å². The van der Waals surface area contributed by atoms with Crippen LogP contribution in [0, 0.1) is 0 Å². The molecule has 1 aromatic carbocycles. The maximum absolute atomic E-state index is 11.7. The summed E-state index contributed by atoms with van der Waals surface area (Å²) in [6, 6.07) is 4.53. The number of fused-ring (bicyclic) bond motifs is 1. The first-order valence-electron chi connectivity index (χ1n) is 5.67. The van der Waals surface area contributed by atoms with Crippen LogP contribution in [0.15, 0.2) is 22.6 Å². The minimum atomic E-state index is -0.517. The number of Topliss-reactive ketones (excluding diaryl/α,β-unsaturated/α-hetero) is 2. The fourth-order valence-electron chi connectivity index (χ4n) is 1.87. The lowest BCUT2D eigenvalue weighted by Crippen LogP contribution is -2.06. The van der Waals surface area contributed by atoms with E-state index in [4.69, 9.17) is 9.15 Å². The molecule has 0 aliphatic heterocycles. The Morgan fingerprint density at radius 3 is 2.26 bits per heavy atom. The molecule has 98 valence electrons. The smallest absolute Gasteiger partial charge is 0.308 e. The Morgan fingerprint density at radius 1 is 1.05 bits per heavy atom. The number of hydrogen-bond donors (Lipinski definition) is 0. The van der Waals surface area contributed by atoms with E-state index >= 15 is 0 Å². The second kappa shape index (κ2) is 4.68. The van der Waals surface area contributed by atoms with Gasteiger partial charge in [0, 0.05) is 19.2 Å². The predicted octanol–water partition coefficient (Wildman–Crippen LogP) is 2.76. The standard InChI is InChI=1S/C14H12O5/c1-7(15)13-6-10-11(19-13)4-5-12(18-9(3)17)14(10)8(2)16/h4-6H,1-3H3. The van der Waals surface area contributed by atoms with Crippen LogP contribution in [-0.4, -0.2) is 17.5 Å². The van der Waals surface area contributed by atoms with E-state index in [0.29, 0.717) is 11.0 Å². The third-order valence-electron chi connectivity index (χ3n) is 2.62. The van der Waals surface area contributed by atoms with Crippen molar-refractivity contribution < 1.29 is 23.5 Å². The minimum Gasteiger partial charge on any atom is -0.453 e. The summed E-state index contributed by atoms with van der Waals surface area (Å²) in [7, 11) is 0. The summed E-state index contributed by atoms with van der Waals surface area (Å²) >= 11 is 0. The van der Waals surface area contributed by atoms with E-state index in [9.17, 15) is 14.4 Å². The summed E-state index contributed by atoms with van der Waals surface area (Å²) < 4.78 is 10.3. The number of carbonyl (C=O) groups excluding carboxylic acids is 3. The molecule has 2 rings (SSSR count). The van der Waals surface area contributed by atoms with Gasteiger partial charge in [-0.1, -0.05) is 0 Å². The topological polar surface area (TPSA) is 73.6 Å². The molecular formula is C14H12O5. The van der Waals surface area contributed by atoms with Gasteiger partial charge in [-0.05, 0) is 25.1 Å². The molecule has 0 spiro atoms. The molecule has 0 N–H and O–H groups in total. The first kappa shape index (κ1) is 13.0. The highest BCUT2D eigenvalue weighted by molar-refractivity contribution is 6.10. The number of carbonyl (C=O) groups is 3. The summed E-state index contributed by atoms with van der Waals surface area (Å²) in [4.78, 5) is 34.0. The Hall–Kier alpha value is -2.43. The maximum atomic E-state index is 11.7. The van der Waals surface area contributed by atoms with Crippen molar-refractivity contribution in [2.24, 2.45) is 0 Å². The van der Waals surface area contributed by atoms with Gasteiger partial charge >= 0.3 is 5.97 Å². The van der Waals surface area contributed by atoms with Gasteiger partial charge in [-0.3, -0.25) is 14.4 Å². The first-order chi connectivity index (χ1) is 8.90. The van der Waals surface area contributed by atoms with Crippen LogP contribution in [0.2, 0.25) is 0 Å². The van der Waals surface area contributed by atoms with E-state index in [1.165, 1.54) is 32.9 Å².